The fraction of sp³-hybridized carbons (Fsp3) is 0.667. The number of hydrogen-bond acceptors (Lipinski definition) is 6. The first-order valence-electron chi connectivity index (χ1n) is 6.26. The van der Waals surface area contributed by atoms with Gasteiger partial charge in [-0.15, -0.1) is 0 Å². The number of rotatable bonds is 8. The third-order valence-corrected chi connectivity index (χ3v) is 2.25. The Hall–Kier alpha value is -1.56. The predicted octanol–water partition coefficient (Wildman–Crippen LogP) is 1.68. The average Bonchev–Trinajstić information content (AvgIpc) is 2.37. The van der Waals surface area contributed by atoms with Gasteiger partial charge < -0.3 is 20.5 Å². The van der Waals surface area contributed by atoms with Gasteiger partial charge in [-0.2, -0.15) is 4.98 Å². The van der Waals surface area contributed by atoms with Crippen molar-refractivity contribution in [1.29, 1.82) is 0 Å². The molecule has 0 aliphatic carbocycles. The van der Waals surface area contributed by atoms with E-state index in [0.717, 1.165) is 6.42 Å². The first-order chi connectivity index (χ1) is 8.69. The van der Waals surface area contributed by atoms with Gasteiger partial charge in [0.25, 0.3) is 0 Å². The van der Waals surface area contributed by atoms with E-state index in [2.05, 4.69) is 15.3 Å². The molecule has 0 amide bonds. The molecule has 1 atom stereocenters. The Bertz CT molecular complexity index is 360. The zero-order valence-electron chi connectivity index (χ0n) is 11.3. The Morgan fingerprint density at radius 2 is 2.17 bits per heavy atom. The molecule has 1 rings (SSSR count). The minimum Gasteiger partial charge on any atom is -0.476 e. The van der Waals surface area contributed by atoms with Gasteiger partial charge in [-0.1, -0.05) is 6.92 Å². The fourth-order valence-electron chi connectivity index (χ4n) is 1.38. The summed E-state index contributed by atoms with van der Waals surface area (Å²) in [5.41, 5.74) is 6.39. The SMILES string of the molecule is CCCOc1ncnc(NC(C)COCC)c1N. The largest absolute Gasteiger partial charge is 0.476 e. The van der Waals surface area contributed by atoms with Gasteiger partial charge in [-0.3, -0.25) is 0 Å². The summed E-state index contributed by atoms with van der Waals surface area (Å²) < 4.78 is 10.8. The van der Waals surface area contributed by atoms with Crippen LogP contribution >= 0.6 is 0 Å². The van der Waals surface area contributed by atoms with E-state index in [1.54, 1.807) is 0 Å². The second kappa shape index (κ2) is 7.71. The van der Waals surface area contributed by atoms with Gasteiger partial charge in [0, 0.05) is 12.6 Å². The van der Waals surface area contributed by atoms with Crippen molar-refractivity contribution >= 4 is 11.5 Å². The molecular weight excluding hydrogens is 232 g/mol. The van der Waals surface area contributed by atoms with Gasteiger partial charge >= 0.3 is 0 Å². The molecule has 0 aliphatic heterocycles. The molecule has 0 saturated carbocycles. The van der Waals surface area contributed by atoms with Crippen LogP contribution in [0.3, 0.4) is 0 Å². The van der Waals surface area contributed by atoms with Gasteiger partial charge in [0.1, 0.15) is 12.0 Å². The van der Waals surface area contributed by atoms with Gasteiger partial charge in [0.15, 0.2) is 5.82 Å². The zero-order valence-corrected chi connectivity index (χ0v) is 11.3. The second-order valence-corrected chi connectivity index (χ2v) is 3.99. The summed E-state index contributed by atoms with van der Waals surface area (Å²) >= 11 is 0. The fourth-order valence-corrected chi connectivity index (χ4v) is 1.38. The summed E-state index contributed by atoms with van der Waals surface area (Å²) in [5.74, 6) is 1.02. The second-order valence-electron chi connectivity index (χ2n) is 3.99. The van der Waals surface area contributed by atoms with Crippen LogP contribution in [-0.4, -0.2) is 35.8 Å². The van der Waals surface area contributed by atoms with E-state index in [4.69, 9.17) is 15.2 Å². The first kappa shape index (κ1) is 14.5. The van der Waals surface area contributed by atoms with E-state index < -0.39 is 0 Å². The molecule has 6 nitrogen and oxygen atoms in total. The van der Waals surface area contributed by atoms with Crippen LogP contribution in [0.2, 0.25) is 0 Å². The molecule has 1 aromatic rings. The van der Waals surface area contributed by atoms with Crippen LogP contribution in [0.5, 0.6) is 5.88 Å². The number of aromatic nitrogens is 2. The van der Waals surface area contributed by atoms with Crippen molar-refractivity contribution in [2.45, 2.75) is 33.2 Å². The molecule has 0 aliphatic rings. The molecule has 18 heavy (non-hydrogen) atoms. The standard InChI is InChI=1S/C12H22N4O2/c1-4-6-18-12-10(13)11(14-8-15-12)16-9(3)7-17-5-2/h8-9H,4-7,13H2,1-3H3,(H,14,15,16). The lowest BCUT2D eigenvalue weighted by atomic mass is 10.3. The third kappa shape index (κ3) is 4.37. The minimum atomic E-state index is 0.126. The van der Waals surface area contributed by atoms with E-state index in [-0.39, 0.29) is 6.04 Å². The summed E-state index contributed by atoms with van der Waals surface area (Å²) in [5, 5.41) is 3.18. The number of anilines is 2. The number of hydrogen-bond donors (Lipinski definition) is 2. The Morgan fingerprint density at radius 1 is 1.39 bits per heavy atom. The smallest absolute Gasteiger partial charge is 0.242 e. The normalized spacial score (nSPS) is 12.2. The highest BCUT2D eigenvalue weighted by Crippen LogP contribution is 2.25. The van der Waals surface area contributed by atoms with E-state index in [9.17, 15) is 0 Å². The highest BCUT2D eigenvalue weighted by Gasteiger charge is 2.11. The Balaban J connectivity index is 2.64. The molecule has 0 saturated heterocycles. The van der Waals surface area contributed by atoms with Gasteiger partial charge in [-0.25, -0.2) is 4.98 Å². The Kier molecular flexibility index (Phi) is 6.21. The number of nitrogen functional groups attached to an aromatic ring is 1. The molecule has 3 N–H and O–H groups in total. The third-order valence-electron chi connectivity index (χ3n) is 2.25. The molecule has 0 aromatic carbocycles. The lowest BCUT2D eigenvalue weighted by molar-refractivity contribution is 0.141. The Morgan fingerprint density at radius 3 is 2.83 bits per heavy atom. The lowest BCUT2D eigenvalue weighted by Crippen LogP contribution is -2.23. The molecule has 0 fully saturated rings. The number of nitrogens with one attached hydrogen (secondary N) is 1. The molecular formula is C12H22N4O2. The van der Waals surface area contributed by atoms with Crippen LogP contribution in [0.1, 0.15) is 27.2 Å². The van der Waals surface area contributed by atoms with Crippen molar-refractivity contribution in [2.24, 2.45) is 0 Å². The van der Waals surface area contributed by atoms with Crippen molar-refractivity contribution in [3.63, 3.8) is 0 Å². The minimum absolute atomic E-state index is 0.126. The predicted molar refractivity (Wildman–Crippen MR) is 71.8 cm³/mol. The summed E-state index contributed by atoms with van der Waals surface area (Å²) in [4.78, 5) is 8.13. The van der Waals surface area contributed by atoms with Crippen molar-refractivity contribution in [3.8, 4) is 5.88 Å². The van der Waals surface area contributed by atoms with Crippen molar-refractivity contribution < 1.29 is 9.47 Å². The quantitative estimate of drug-likeness (QED) is 0.734. The number of nitrogens with two attached hydrogens (primary N) is 1. The van der Waals surface area contributed by atoms with E-state index in [1.165, 1.54) is 6.33 Å². The molecule has 0 spiro atoms. The van der Waals surface area contributed by atoms with E-state index in [0.29, 0.717) is 37.2 Å². The van der Waals surface area contributed by atoms with Crippen LogP contribution in [0.25, 0.3) is 0 Å². The maximum absolute atomic E-state index is 5.95. The monoisotopic (exact) mass is 254 g/mol. The molecule has 1 unspecified atom stereocenters. The van der Waals surface area contributed by atoms with Crippen molar-refractivity contribution in [1.82, 2.24) is 9.97 Å². The van der Waals surface area contributed by atoms with Crippen LogP contribution in [0, 0.1) is 0 Å². The van der Waals surface area contributed by atoms with Gasteiger partial charge in [0.05, 0.1) is 13.2 Å². The van der Waals surface area contributed by atoms with Crippen molar-refractivity contribution in [3.05, 3.63) is 6.33 Å². The maximum atomic E-state index is 5.95. The number of nitrogens with zero attached hydrogens (tertiary/aromatic N) is 2. The molecule has 0 bridgehead atoms. The highest BCUT2D eigenvalue weighted by atomic mass is 16.5. The van der Waals surface area contributed by atoms with Gasteiger partial charge in [-0.05, 0) is 20.3 Å². The first-order valence-corrected chi connectivity index (χ1v) is 6.26. The van der Waals surface area contributed by atoms with Crippen LogP contribution in [0.4, 0.5) is 11.5 Å². The summed E-state index contributed by atoms with van der Waals surface area (Å²) in [6, 6.07) is 0.126. The molecule has 1 aromatic heterocycles. The van der Waals surface area contributed by atoms with E-state index in [1.807, 2.05) is 20.8 Å². The summed E-state index contributed by atoms with van der Waals surface area (Å²) in [6.45, 7) is 7.88. The topological polar surface area (TPSA) is 82.3 Å². The highest BCUT2D eigenvalue weighted by molar-refractivity contribution is 5.66. The lowest BCUT2D eigenvalue weighted by Gasteiger charge is -2.16. The van der Waals surface area contributed by atoms with Crippen LogP contribution in [0.15, 0.2) is 6.33 Å². The maximum Gasteiger partial charge on any atom is 0.242 e. The van der Waals surface area contributed by atoms with E-state index >= 15 is 0 Å². The molecule has 102 valence electrons. The molecule has 6 heteroatoms. The summed E-state index contributed by atoms with van der Waals surface area (Å²) in [7, 11) is 0. The molecule has 1 heterocycles. The van der Waals surface area contributed by atoms with Crippen molar-refractivity contribution in [2.75, 3.05) is 30.9 Å². The van der Waals surface area contributed by atoms with Crippen LogP contribution in [-0.2, 0) is 4.74 Å². The van der Waals surface area contributed by atoms with Crippen LogP contribution < -0.4 is 15.8 Å². The average molecular weight is 254 g/mol. The Labute approximate surface area is 108 Å². The summed E-state index contributed by atoms with van der Waals surface area (Å²) in [6.07, 6.45) is 2.35. The number of ether oxygens (including phenoxy) is 2. The van der Waals surface area contributed by atoms with Gasteiger partial charge in [0.2, 0.25) is 5.88 Å². The molecule has 0 radical (unpaired) electrons. The zero-order chi connectivity index (χ0) is 13.4.